The van der Waals surface area contributed by atoms with E-state index >= 15 is 0 Å². The van der Waals surface area contributed by atoms with Gasteiger partial charge in [-0.25, -0.2) is 0 Å². The molecule has 0 aromatic heterocycles. The number of fused-ring (bicyclic) bond motifs is 1. The fourth-order valence-corrected chi connectivity index (χ4v) is 3.37. The first-order valence-corrected chi connectivity index (χ1v) is 7.99. The number of hydrogen-bond acceptors (Lipinski definition) is 2. The van der Waals surface area contributed by atoms with Crippen molar-refractivity contribution in [1.82, 2.24) is 0 Å². The number of Topliss-reactive ketones (excluding diaryl/α,β-unsaturated/α-hetero) is 1. The monoisotopic (exact) mass is 306 g/mol. The van der Waals surface area contributed by atoms with Gasteiger partial charge in [-0.05, 0) is 34.8 Å². The number of rotatable bonds is 3. The Bertz CT molecular complexity index is 797. The average Bonchev–Trinajstić information content (AvgIpc) is 2.54. The third kappa shape index (κ3) is 2.64. The summed E-state index contributed by atoms with van der Waals surface area (Å²) in [7, 11) is 0. The van der Waals surface area contributed by atoms with Crippen molar-refractivity contribution in [3.63, 3.8) is 0 Å². The van der Waals surface area contributed by atoms with Crippen LogP contribution >= 0.6 is 0 Å². The van der Waals surface area contributed by atoms with Crippen LogP contribution in [-0.4, -0.2) is 17.5 Å². The minimum Gasteiger partial charge on any atom is -0.395 e. The van der Waals surface area contributed by atoms with Crippen LogP contribution in [0, 0.1) is 12.3 Å². The largest absolute Gasteiger partial charge is 0.395 e. The number of aliphatic hydroxyl groups is 1. The molecule has 0 aliphatic heterocycles. The Morgan fingerprint density at radius 1 is 1.00 bits per heavy atom. The number of carbonyl (C=O) groups excluding carboxylic acids is 1. The van der Waals surface area contributed by atoms with E-state index in [4.69, 9.17) is 0 Å². The van der Waals surface area contributed by atoms with Crippen molar-refractivity contribution >= 4 is 16.9 Å². The van der Waals surface area contributed by atoms with Gasteiger partial charge in [-0.15, -0.1) is 0 Å². The molecular formula is C21H22O2. The lowest BCUT2D eigenvalue weighted by atomic mass is 9.70. The molecule has 2 aromatic carbocycles. The Balaban J connectivity index is 2.39. The van der Waals surface area contributed by atoms with E-state index < -0.39 is 5.41 Å². The smallest absolute Gasteiger partial charge is 0.168 e. The molecule has 0 saturated carbocycles. The van der Waals surface area contributed by atoms with Crippen molar-refractivity contribution in [3.8, 4) is 0 Å². The molecule has 3 rings (SSSR count). The Kier molecular flexibility index (Phi) is 3.95. The van der Waals surface area contributed by atoms with E-state index in [1.165, 1.54) is 0 Å². The summed E-state index contributed by atoms with van der Waals surface area (Å²) in [4.78, 5) is 12.9. The fraction of sp³-hybridized carbons (Fsp3) is 0.286. The van der Waals surface area contributed by atoms with Crippen LogP contribution in [0.1, 0.15) is 36.1 Å². The van der Waals surface area contributed by atoms with E-state index in [-0.39, 0.29) is 12.4 Å². The minimum absolute atomic E-state index is 0.000666. The lowest BCUT2D eigenvalue weighted by Crippen LogP contribution is -2.26. The molecule has 0 fully saturated rings. The van der Waals surface area contributed by atoms with Gasteiger partial charge in [0.25, 0.3) is 0 Å². The zero-order valence-corrected chi connectivity index (χ0v) is 13.9. The highest BCUT2D eigenvalue weighted by Crippen LogP contribution is 2.45. The molecular weight excluding hydrogens is 284 g/mol. The summed E-state index contributed by atoms with van der Waals surface area (Å²) in [6.45, 7) is 6.02. The predicted molar refractivity (Wildman–Crippen MR) is 94.0 cm³/mol. The van der Waals surface area contributed by atoms with Crippen LogP contribution in [0.25, 0.3) is 11.1 Å². The topological polar surface area (TPSA) is 37.3 Å². The van der Waals surface area contributed by atoms with Gasteiger partial charge in [0, 0.05) is 17.4 Å². The highest BCUT2D eigenvalue weighted by atomic mass is 16.3. The van der Waals surface area contributed by atoms with Gasteiger partial charge in [0.05, 0.1) is 6.61 Å². The van der Waals surface area contributed by atoms with Crippen molar-refractivity contribution in [2.45, 2.75) is 27.2 Å². The maximum absolute atomic E-state index is 12.9. The Morgan fingerprint density at radius 2 is 1.61 bits per heavy atom. The molecule has 23 heavy (non-hydrogen) atoms. The van der Waals surface area contributed by atoms with E-state index in [0.717, 1.165) is 33.4 Å². The van der Waals surface area contributed by atoms with Crippen LogP contribution in [-0.2, 0) is 11.2 Å². The highest BCUT2D eigenvalue weighted by molar-refractivity contribution is 6.31. The summed E-state index contributed by atoms with van der Waals surface area (Å²) >= 11 is 0. The first-order chi connectivity index (χ1) is 11.0. The molecule has 1 aliphatic carbocycles. The van der Waals surface area contributed by atoms with Crippen LogP contribution in [0.3, 0.4) is 0 Å². The highest BCUT2D eigenvalue weighted by Gasteiger charge is 2.35. The lowest BCUT2D eigenvalue weighted by molar-refractivity contribution is -0.113. The molecule has 0 heterocycles. The molecule has 2 heteroatoms. The second-order valence-corrected chi connectivity index (χ2v) is 6.86. The van der Waals surface area contributed by atoms with Gasteiger partial charge in [-0.2, -0.15) is 0 Å². The van der Waals surface area contributed by atoms with E-state index in [2.05, 4.69) is 6.07 Å². The molecule has 1 N–H and O–H groups in total. The Morgan fingerprint density at radius 3 is 2.26 bits per heavy atom. The molecule has 0 amide bonds. The fourth-order valence-electron chi connectivity index (χ4n) is 3.37. The second kappa shape index (κ2) is 5.78. The molecule has 118 valence electrons. The average molecular weight is 306 g/mol. The van der Waals surface area contributed by atoms with Crippen molar-refractivity contribution in [1.29, 1.82) is 0 Å². The summed E-state index contributed by atoms with van der Waals surface area (Å²) in [6, 6.07) is 16.0. The molecule has 1 aliphatic rings. The molecule has 0 unspecified atom stereocenters. The zero-order chi connectivity index (χ0) is 16.6. The summed E-state index contributed by atoms with van der Waals surface area (Å²) in [6.07, 6.45) is 0.421. The predicted octanol–water partition coefficient (Wildman–Crippen LogP) is 4.05. The normalized spacial score (nSPS) is 14.9. The Labute approximate surface area is 137 Å². The third-order valence-corrected chi connectivity index (χ3v) is 4.65. The standard InChI is InChI=1S/C21H22O2/c1-14-8-4-6-10-16(14)19-18(23)12-15-9-5-7-11-17(15)20(19)21(2,3)13-22/h4-11,22H,12-13H2,1-3H3. The quantitative estimate of drug-likeness (QED) is 0.929. The SMILES string of the molecule is Cc1ccccc1C1=C(C(C)(C)CO)c2ccccc2CC1=O. The number of aliphatic hydroxyl groups excluding tert-OH is 1. The van der Waals surface area contributed by atoms with Gasteiger partial charge in [0.1, 0.15) is 0 Å². The Hall–Kier alpha value is -2.19. The summed E-state index contributed by atoms with van der Waals surface area (Å²) in [5, 5.41) is 9.95. The third-order valence-electron chi connectivity index (χ3n) is 4.65. The molecule has 0 atom stereocenters. The molecule has 2 nitrogen and oxygen atoms in total. The van der Waals surface area contributed by atoms with Crippen molar-refractivity contribution < 1.29 is 9.90 Å². The number of benzene rings is 2. The van der Waals surface area contributed by atoms with Gasteiger partial charge in [-0.1, -0.05) is 62.4 Å². The number of hydrogen-bond donors (Lipinski definition) is 1. The van der Waals surface area contributed by atoms with E-state index in [0.29, 0.717) is 6.42 Å². The lowest BCUT2D eigenvalue weighted by Gasteiger charge is -2.33. The van der Waals surface area contributed by atoms with Gasteiger partial charge < -0.3 is 5.11 Å². The first kappa shape index (κ1) is 15.7. The van der Waals surface area contributed by atoms with Crippen LogP contribution < -0.4 is 0 Å². The van der Waals surface area contributed by atoms with Gasteiger partial charge in [-0.3, -0.25) is 4.79 Å². The van der Waals surface area contributed by atoms with Crippen molar-refractivity contribution in [2.75, 3.05) is 6.61 Å². The molecule has 0 spiro atoms. The van der Waals surface area contributed by atoms with Crippen LogP contribution in [0.4, 0.5) is 0 Å². The first-order valence-electron chi connectivity index (χ1n) is 7.99. The summed E-state index contributed by atoms with van der Waals surface area (Å²) in [5.74, 6) is 0.134. The maximum atomic E-state index is 12.9. The number of ketones is 1. The van der Waals surface area contributed by atoms with Gasteiger partial charge in [0.15, 0.2) is 5.78 Å². The maximum Gasteiger partial charge on any atom is 0.168 e. The molecule has 0 bridgehead atoms. The minimum atomic E-state index is -0.482. The number of aryl methyl sites for hydroxylation is 1. The summed E-state index contributed by atoms with van der Waals surface area (Å²) < 4.78 is 0. The second-order valence-electron chi connectivity index (χ2n) is 6.86. The van der Waals surface area contributed by atoms with Crippen LogP contribution in [0.15, 0.2) is 48.5 Å². The van der Waals surface area contributed by atoms with E-state index in [1.54, 1.807) is 0 Å². The summed E-state index contributed by atoms with van der Waals surface area (Å²) in [5.41, 5.74) is 5.44. The van der Waals surface area contributed by atoms with Gasteiger partial charge >= 0.3 is 0 Å². The van der Waals surface area contributed by atoms with Crippen molar-refractivity contribution in [3.05, 3.63) is 70.8 Å². The molecule has 0 radical (unpaired) electrons. The molecule has 2 aromatic rings. The van der Waals surface area contributed by atoms with Crippen LogP contribution in [0.5, 0.6) is 0 Å². The van der Waals surface area contributed by atoms with E-state index in [1.807, 2.05) is 63.2 Å². The zero-order valence-electron chi connectivity index (χ0n) is 13.9. The number of carbonyl (C=O) groups is 1. The molecule has 0 saturated heterocycles. The van der Waals surface area contributed by atoms with Gasteiger partial charge in [0.2, 0.25) is 0 Å². The van der Waals surface area contributed by atoms with E-state index in [9.17, 15) is 9.90 Å². The number of allylic oxidation sites excluding steroid dienone is 1. The van der Waals surface area contributed by atoms with Crippen LogP contribution in [0.2, 0.25) is 0 Å². The van der Waals surface area contributed by atoms with Crippen molar-refractivity contribution in [2.24, 2.45) is 5.41 Å².